The molecule has 0 atom stereocenters. The summed E-state index contributed by atoms with van der Waals surface area (Å²) in [6.07, 6.45) is 0.203. The molecule has 0 N–H and O–H groups in total. The van der Waals surface area contributed by atoms with Crippen molar-refractivity contribution in [3.63, 3.8) is 0 Å². The number of aldehydes is 1. The van der Waals surface area contributed by atoms with E-state index in [0.717, 1.165) is 22.3 Å². The molecule has 0 fully saturated rings. The highest BCUT2D eigenvalue weighted by Crippen LogP contribution is 2.45. The van der Waals surface area contributed by atoms with E-state index in [9.17, 15) is 9.59 Å². The van der Waals surface area contributed by atoms with Gasteiger partial charge in [0.15, 0.2) is 0 Å². The van der Waals surface area contributed by atoms with Gasteiger partial charge in [0.05, 0.1) is 0 Å². The number of hydrogen-bond donors (Lipinski definition) is 0. The topological polar surface area (TPSA) is 43.4 Å². The Labute approximate surface area is 172 Å². The summed E-state index contributed by atoms with van der Waals surface area (Å²) in [5.74, 6) is -0.484. The van der Waals surface area contributed by atoms with Crippen molar-refractivity contribution in [3.05, 3.63) is 101 Å². The number of carbonyl (C=O) groups excluding carboxylic acids is 2. The van der Waals surface area contributed by atoms with Crippen LogP contribution >= 0.6 is 0 Å². The van der Waals surface area contributed by atoms with Crippen LogP contribution < -0.4 is 4.74 Å². The van der Waals surface area contributed by atoms with E-state index in [1.54, 1.807) is 6.07 Å². The molecule has 0 amide bonds. The highest BCUT2D eigenvalue weighted by Gasteiger charge is 2.36. The Kier molecular flexibility index (Phi) is 5.69. The average molecular weight is 386 g/mol. The van der Waals surface area contributed by atoms with Crippen LogP contribution in [-0.4, -0.2) is 12.3 Å². The summed E-state index contributed by atoms with van der Waals surface area (Å²) in [6, 6.07) is 26.1. The predicted octanol–water partition coefficient (Wildman–Crippen LogP) is 5.44. The minimum absolute atomic E-state index is 0.203. The summed E-state index contributed by atoms with van der Waals surface area (Å²) in [5, 5.41) is 0. The van der Waals surface area contributed by atoms with Gasteiger partial charge >= 0.3 is 5.97 Å². The van der Waals surface area contributed by atoms with Gasteiger partial charge in [-0.1, -0.05) is 100 Å². The smallest absolute Gasteiger partial charge is 0.376 e. The van der Waals surface area contributed by atoms with Crippen molar-refractivity contribution in [2.75, 3.05) is 0 Å². The first-order valence-electron chi connectivity index (χ1n) is 9.70. The zero-order chi connectivity index (χ0) is 21.1. The van der Waals surface area contributed by atoms with Crippen LogP contribution in [0.4, 0.5) is 0 Å². The van der Waals surface area contributed by atoms with Crippen LogP contribution in [0.1, 0.15) is 49.9 Å². The first-order chi connectivity index (χ1) is 13.8. The third-order valence-corrected chi connectivity index (χ3v) is 5.62. The summed E-state index contributed by atoms with van der Waals surface area (Å²) in [4.78, 5) is 22.8. The molecule has 0 heterocycles. The molecule has 0 radical (unpaired) electrons. The molecule has 0 saturated heterocycles. The lowest BCUT2D eigenvalue weighted by atomic mass is 9.68. The molecular weight excluding hydrogens is 360 g/mol. The zero-order valence-corrected chi connectivity index (χ0v) is 17.3. The lowest BCUT2D eigenvalue weighted by Crippen LogP contribution is -2.29. The molecule has 0 saturated carbocycles. The summed E-state index contributed by atoms with van der Waals surface area (Å²) in [5.41, 5.74) is 3.40. The van der Waals surface area contributed by atoms with Crippen molar-refractivity contribution in [3.8, 4) is 5.75 Å². The summed E-state index contributed by atoms with van der Waals surface area (Å²) in [7, 11) is 0. The molecule has 29 heavy (non-hydrogen) atoms. The van der Waals surface area contributed by atoms with E-state index in [4.69, 9.17) is 4.74 Å². The highest BCUT2D eigenvalue weighted by molar-refractivity contribution is 6.21. The number of rotatable bonds is 6. The molecule has 0 bridgehead atoms. The Hall–Kier alpha value is -3.20. The van der Waals surface area contributed by atoms with Gasteiger partial charge in [-0.2, -0.15) is 0 Å². The molecule has 3 heteroatoms. The van der Waals surface area contributed by atoms with Crippen LogP contribution in [0, 0.1) is 0 Å². The Bertz CT molecular complexity index is 1000. The largest absolute Gasteiger partial charge is 0.421 e. The van der Waals surface area contributed by atoms with Gasteiger partial charge in [0.2, 0.25) is 6.29 Å². The minimum Gasteiger partial charge on any atom is -0.421 e. The second kappa shape index (κ2) is 8.04. The normalized spacial score (nSPS) is 11.7. The second-order valence-corrected chi connectivity index (χ2v) is 8.20. The van der Waals surface area contributed by atoms with Crippen molar-refractivity contribution in [1.82, 2.24) is 0 Å². The maximum atomic E-state index is 11.8. The Morgan fingerprint density at radius 3 is 1.76 bits per heavy atom. The maximum absolute atomic E-state index is 11.8. The Morgan fingerprint density at radius 1 is 0.724 bits per heavy atom. The van der Waals surface area contributed by atoms with Crippen LogP contribution in [-0.2, 0) is 20.4 Å². The fourth-order valence-corrected chi connectivity index (χ4v) is 3.92. The van der Waals surface area contributed by atoms with Crippen LogP contribution in [0.15, 0.2) is 78.9 Å². The standard InChI is InChI=1S/C26H26O3/c1-25(2,19-12-7-5-8-13-19)21-16-11-17-22(29-23(28)18-27)24(21)26(3,4)20-14-9-6-10-15-20/h5-18H,1-4H3. The van der Waals surface area contributed by atoms with Crippen molar-refractivity contribution >= 4 is 12.3 Å². The third kappa shape index (κ3) is 4.00. The molecule has 0 unspecified atom stereocenters. The first-order valence-corrected chi connectivity index (χ1v) is 9.70. The van der Waals surface area contributed by atoms with Gasteiger partial charge < -0.3 is 4.74 Å². The molecule has 3 aromatic rings. The molecule has 3 aromatic carbocycles. The van der Waals surface area contributed by atoms with Crippen molar-refractivity contribution in [1.29, 1.82) is 0 Å². The number of carbonyl (C=O) groups is 2. The number of ether oxygens (including phenoxy) is 1. The van der Waals surface area contributed by atoms with Crippen molar-refractivity contribution in [2.45, 2.75) is 38.5 Å². The summed E-state index contributed by atoms with van der Waals surface area (Å²) >= 11 is 0. The fraction of sp³-hybridized carbons (Fsp3) is 0.231. The molecular formula is C26H26O3. The zero-order valence-electron chi connectivity index (χ0n) is 17.3. The summed E-state index contributed by atoms with van der Waals surface area (Å²) in [6.45, 7) is 8.54. The quantitative estimate of drug-likeness (QED) is 0.245. The number of hydrogen-bond acceptors (Lipinski definition) is 3. The van der Waals surface area contributed by atoms with E-state index in [1.807, 2.05) is 42.5 Å². The van der Waals surface area contributed by atoms with E-state index in [0.29, 0.717) is 5.75 Å². The van der Waals surface area contributed by atoms with Crippen LogP contribution in [0.2, 0.25) is 0 Å². The van der Waals surface area contributed by atoms with Gasteiger partial charge in [-0.25, -0.2) is 4.79 Å². The molecule has 0 aliphatic carbocycles. The molecule has 3 nitrogen and oxygen atoms in total. The lowest BCUT2D eigenvalue weighted by Gasteiger charge is -2.36. The SMILES string of the molecule is CC(C)(c1ccccc1)c1cccc(OC(=O)C=O)c1C(C)(C)c1ccccc1. The average Bonchev–Trinajstić information content (AvgIpc) is 2.74. The van der Waals surface area contributed by atoms with E-state index in [2.05, 4.69) is 58.0 Å². The molecule has 3 rings (SSSR count). The number of benzene rings is 3. The minimum atomic E-state index is -0.898. The Balaban J connectivity index is 2.28. The molecule has 0 aliphatic rings. The molecule has 148 valence electrons. The summed E-state index contributed by atoms with van der Waals surface area (Å²) < 4.78 is 5.47. The third-order valence-electron chi connectivity index (χ3n) is 5.62. The van der Waals surface area contributed by atoms with E-state index in [-0.39, 0.29) is 11.7 Å². The van der Waals surface area contributed by atoms with Gasteiger partial charge in [-0.05, 0) is 22.8 Å². The van der Waals surface area contributed by atoms with Gasteiger partial charge in [-0.15, -0.1) is 0 Å². The monoisotopic (exact) mass is 386 g/mol. The van der Waals surface area contributed by atoms with E-state index in [1.165, 1.54) is 0 Å². The lowest BCUT2D eigenvalue weighted by molar-refractivity contribution is -0.141. The van der Waals surface area contributed by atoms with Crippen molar-refractivity contribution in [2.24, 2.45) is 0 Å². The first kappa shape index (κ1) is 20.5. The Morgan fingerprint density at radius 2 is 1.24 bits per heavy atom. The van der Waals surface area contributed by atoms with E-state index >= 15 is 0 Å². The maximum Gasteiger partial charge on any atom is 0.376 e. The van der Waals surface area contributed by atoms with Crippen LogP contribution in [0.3, 0.4) is 0 Å². The molecule has 0 aliphatic heterocycles. The predicted molar refractivity (Wildman–Crippen MR) is 115 cm³/mol. The molecule has 0 aromatic heterocycles. The van der Waals surface area contributed by atoms with Crippen molar-refractivity contribution < 1.29 is 14.3 Å². The second-order valence-electron chi connectivity index (χ2n) is 8.20. The molecule has 0 spiro atoms. The van der Waals surface area contributed by atoms with Gasteiger partial charge in [-0.3, -0.25) is 4.79 Å². The fourth-order valence-electron chi connectivity index (χ4n) is 3.92. The van der Waals surface area contributed by atoms with Crippen LogP contribution in [0.5, 0.6) is 5.75 Å². The number of esters is 1. The van der Waals surface area contributed by atoms with Gasteiger partial charge in [0.1, 0.15) is 5.75 Å². The van der Waals surface area contributed by atoms with Gasteiger partial charge in [0, 0.05) is 16.4 Å². The highest BCUT2D eigenvalue weighted by atomic mass is 16.5. The van der Waals surface area contributed by atoms with Crippen LogP contribution in [0.25, 0.3) is 0 Å². The van der Waals surface area contributed by atoms with E-state index < -0.39 is 11.4 Å². The van der Waals surface area contributed by atoms with Gasteiger partial charge in [0.25, 0.3) is 0 Å².